The Morgan fingerprint density at radius 2 is 2.38 bits per heavy atom. The van der Waals surface area contributed by atoms with Crippen molar-refractivity contribution in [2.24, 2.45) is 0 Å². The Kier molecular flexibility index (Phi) is 4.36. The van der Waals surface area contributed by atoms with E-state index in [1.165, 1.54) is 18.4 Å². The highest BCUT2D eigenvalue weighted by atomic mass is 16.5. The van der Waals surface area contributed by atoms with Crippen molar-refractivity contribution in [3.8, 4) is 0 Å². The molecule has 0 spiro atoms. The predicted octanol–water partition coefficient (Wildman–Crippen LogP) is 1.24. The number of hydrogen-bond donors (Lipinski definition) is 1. The summed E-state index contributed by atoms with van der Waals surface area (Å²) in [4.78, 5) is 6.66. The summed E-state index contributed by atoms with van der Waals surface area (Å²) in [5.41, 5.74) is 2.10. The number of ether oxygens (including phenoxy) is 1. The van der Waals surface area contributed by atoms with Gasteiger partial charge in [-0.15, -0.1) is 0 Å². The highest BCUT2D eigenvalue weighted by Gasteiger charge is 2.20. The van der Waals surface area contributed by atoms with Crippen molar-refractivity contribution in [1.29, 1.82) is 0 Å². The smallest absolute Gasteiger partial charge is 0.157 e. The molecule has 6 nitrogen and oxygen atoms in total. The standard InChI is InChI=1S/C15H23N5O/c1-12-8-14-17-11-18-20(14)15(9-12)19(6-7-21-2)10-13-4-3-5-16-13/h8-9,11,13,16H,3-7,10H2,1-2H3. The van der Waals surface area contributed by atoms with Crippen LogP contribution in [0.3, 0.4) is 0 Å². The zero-order valence-electron chi connectivity index (χ0n) is 12.7. The number of anilines is 1. The van der Waals surface area contributed by atoms with Crippen LogP contribution in [-0.2, 0) is 4.74 Å². The molecular formula is C15H23N5O. The lowest BCUT2D eigenvalue weighted by molar-refractivity contribution is 0.204. The SMILES string of the molecule is COCCN(CC1CCCN1)c1cc(C)cc2ncnn12. The fourth-order valence-electron chi connectivity index (χ4n) is 2.94. The van der Waals surface area contributed by atoms with Crippen molar-refractivity contribution in [2.45, 2.75) is 25.8 Å². The molecule has 3 heterocycles. The summed E-state index contributed by atoms with van der Waals surface area (Å²) in [6, 6.07) is 4.77. The van der Waals surface area contributed by atoms with Gasteiger partial charge in [-0.2, -0.15) is 9.61 Å². The lowest BCUT2D eigenvalue weighted by atomic mass is 10.2. The van der Waals surface area contributed by atoms with Crippen molar-refractivity contribution in [1.82, 2.24) is 19.9 Å². The molecule has 2 aromatic rings. The lowest BCUT2D eigenvalue weighted by Gasteiger charge is -2.28. The molecule has 1 aliphatic rings. The molecule has 114 valence electrons. The molecule has 0 bridgehead atoms. The van der Waals surface area contributed by atoms with Gasteiger partial charge in [-0.3, -0.25) is 0 Å². The molecular weight excluding hydrogens is 266 g/mol. The van der Waals surface area contributed by atoms with Crippen LogP contribution < -0.4 is 10.2 Å². The molecule has 1 N–H and O–H groups in total. The monoisotopic (exact) mass is 289 g/mol. The van der Waals surface area contributed by atoms with Crippen LogP contribution in [0.15, 0.2) is 18.5 Å². The van der Waals surface area contributed by atoms with E-state index in [4.69, 9.17) is 4.74 Å². The molecule has 0 aromatic carbocycles. The fourth-order valence-corrected chi connectivity index (χ4v) is 2.94. The number of methoxy groups -OCH3 is 1. The van der Waals surface area contributed by atoms with Crippen LogP contribution >= 0.6 is 0 Å². The first-order valence-corrected chi connectivity index (χ1v) is 7.55. The molecule has 0 radical (unpaired) electrons. The van der Waals surface area contributed by atoms with E-state index < -0.39 is 0 Å². The van der Waals surface area contributed by atoms with Crippen molar-refractivity contribution in [2.75, 3.05) is 38.3 Å². The average Bonchev–Trinajstić information content (AvgIpc) is 3.13. The summed E-state index contributed by atoms with van der Waals surface area (Å²) < 4.78 is 7.19. The zero-order valence-corrected chi connectivity index (χ0v) is 12.7. The first-order chi connectivity index (χ1) is 10.3. The maximum Gasteiger partial charge on any atom is 0.157 e. The van der Waals surface area contributed by atoms with Gasteiger partial charge in [-0.05, 0) is 44.0 Å². The van der Waals surface area contributed by atoms with Crippen LogP contribution in [0.2, 0.25) is 0 Å². The third kappa shape index (κ3) is 3.16. The Hall–Kier alpha value is -1.66. The molecule has 1 saturated heterocycles. The molecule has 1 fully saturated rings. The minimum absolute atomic E-state index is 0.543. The van der Waals surface area contributed by atoms with Crippen molar-refractivity contribution in [3.05, 3.63) is 24.0 Å². The molecule has 1 atom stereocenters. The summed E-state index contributed by atoms with van der Waals surface area (Å²) in [7, 11) is 1.74. The van der Waals surface area contributed by atoms with Crippen LogP contribution in [0.1, 0.15) is 18.4 Å². The topological polar surface area (TPSA) is 54.7 Å². The fraction of sp³-hybridized carbons (Fsp3) is 0.600. The molecule has 1 aliphatic heterocycles. The number of aromatic nitrogens is 3. The predicted molar refractivity (Wildman–Crippen MR) is 82.8 cm³/mol. The molecule has 6 heteroatoms. The van der Waals surface area contributed by atoms with Crippen LogP contribution in [0.4, 0.5) is 5.82 Å². The lowest BCUT2D eigenvalue weighted by Crippen LogP contribution is -2.40. The summed E-state index contributed by atoms with van der Waals surface area (Å²) in [5, 5.41) is 7.93. The highest BCUT2D eigenvalue weighted by molar-refractivity contribution is 5.53. The summed E-state index contributed by atoms with van der Waals surface area (Å²) in [6.45, 7) is 5.75. The van der Waals surface area contributed by atoms with E-state index in [0.717, 1.165) is 31.1 Å². The van der Waals surface area contributed by atoms with Crippen LogP contribution in [-0.4, -0.2) is 54.0 Å². The Morgan fingerprint density at radius 1 is 1.48 bits per heavy atom. The van der Waals surface area contributed by atoms with Gasteiger partial charge >= 0.3 is 0 Å². The number of rotatable bonds is 6. The van der Waals surface area contributed by atoms with Gasteiger partial charge in [-0.1, -0.05) is 0 Å². The van der Waals surface area contributed by atoms with Crippen molar-refractivity contribution < 1.29 is 4.74 Å². The number of hydrogen-bond acceptors (Lipinski definition) is 5. The highest BCUT2D eigenvalue weighted by Crippen LogP contribution is 2.19. The molecule has 2 aromatic heterocycles. The first-order valence-electron chi connectivity index (χ1n) is 7.55. The summed E-state index contributed by atoms with van der Waals surface area (Å²) in [6.07, 6.45) is 4.10. The second-order valence-corrected chi connectivity index (χ2v) is 5.65. The van der Waals surface area contributed by atoms with Gasteiger partial charge in [0.25, 0.3) is 0 Å². The normalized spacial score (nSPS) is 18.5. The zero-order chi connectivity index (χ0) is 14.7. The Morgan fingerprint density at radius 3 is 3.14 bits per heavy atom. The van der Waals surface area contributed by atoms with Crippen LogP contribution in [0.25, 0.3) is 5.65 Å². The largest absolute Gasteiger partial charge is 0.383 e. The molecule has 21 heavy (non-hydrogen) atoms. The van der Waals surface area contributed by atoms with Gasteiger partial charge < -0.3 is 15.0 Å². The van der Waals surface area contributed by atoms with E-state index in [9.17, 15) is 0 Å². The third-order valence-electron chi connectivity index (χ3n) is 4.00. The van der Waals surface area contributed by atoms with Crippen LogP contribution in [0.5, 0.6) is 0 Å². The number of pyridine rings is 1. The van der Waals surface area contributed by atoms with E-state index in [0.29, 0.717) is 12.6 Å². The molecule has 1 unspecified atom stereocenters. The minimum atomic E-state index is 0.543. The average molecular weight is 289 g/mol. The van der Waals surface area contributed by atoms with Crippen LogP contribution in [0, 0.1) is 6.92 Å². The van der Waals surface area contributed by atoms with Gasteiger partial charge in [0.2, 0.25) is 0 Å². The van der Waals surface area contributed by atoms with E-state index in [1.54, 1.807) is 13.4 Å². The van der Waals surface area contributed by atoms with Gasteiger partial charge in [0.05, 0.1) is 6.61 Å². The molecule has 0 aliphatic carbocycles. The Balaban J connectivity index is 1.90. The molecule has 0 saturated carbocycles. The van der Waals surface area contributed by atoms with Gasteiger partial charge in [-0.25, -0.2) is 4.98 Å². The number of aryl methyl sites for hydroxylation is 1. The number of fused-ring (bicyclic) bond motifs is 1. The van der Waals surface area contributed by atoms with Gasteiger partial charge in [0.1, 0.15) is 12.1 Å². The van der Waals surface area contributed by atoms with Crippen molar-refractivity contribution >= 4 is 11.5 Å². The van der Waals surface area contributed by atoms with E-state index in [2.05, 4.69) is 39.4 Å². The third-order valence-corrected chi connectivity index (χ3v) is 4.00. The van der Waals surface area contributed by atoms with E-state index in [-0.39, 0.29) is 0 Å². The maximum absolute atomic E-state index is 5.27. The first kappa shape index (κ1) is 14.3. The van der Waals surface area contributed by atoms with Gasteiger partial charge in [0, 0.05) is 26.2 Å². The quantitative estimate of drug-likeness (QED) is 0.867. The Labute approximate surface area is 125 Å². The molecule has 3 rings (SSSR count). The number of nitrogens with one attached hydrogen (secondary N) is 1. The minimum Gasteiger partial charge on any atom is -0.383 e. The van der Waals surface area contributed by atoms with Gasteiger partial charge in [0.15, 0.2) is 5.65 Å². The second-order valence-electron chi connectivity index (χ2n) is 5.65. The number of nitrogens with zero attached hydrogens (tertiary/aromatic N) is 4. The van der Waals surface area contributed by atoms with E-state index in [1.807, 2.05) is 4.52 Å². The molecule has 0 amide bonds. The maximum atomic E-state index is 5.27. The Bertz CT molecular complexity index is 591. The summed E-state index contributed by atoms with van der Waals surface area (Å²) in [5.74, 6) is 1.09. The van der Waals surface area contributed by atoms with E-state index >= 15 is 0 Å². The second kappa shape index (κ2) is 6.41. The summed E-state index contributed by atoms with van der Waals surface area (Å²) >= 11 is 0. The van der Waals surface area contributed by atoms with Crippen molar-refractivity contribution in [3.63, 3.8) is 0 Å².